The fourth-order valence-corrected chi connectivity index (χ4v) is 3.56. The van der Waals surface area contributed by atoms with E-state index < -0.39 is 0 Å². The topological polar surface area (TPSA) is 31.2 Å². The number of halogens is 1. The molecular formula is C16H16BrNO2. The van der Waals surface area contributed by atoms with Gasteiger partial charge in [0, 0.05) is 29.6 Å². The van der Waals surface area contributed by atoms with Gasteiger partial charge in [0.1, 0.15) is 5.75 Å². The average molecular weight is 334 g/mol. The summed E-state index contributed by atoms with van der Waals surface area (Å²) in [7, 11) is 1.65. The molecule has 0 saturated carbocycles. The van der Waals surface area contributed by atoms with Crippen molar-refractivity contribution in [3.05, 3.63) is 53.9 Å². The van der Waals surface area contributed by atoms with Gasteiger partial charge in [-0.25, -0.2) is 0 Å². The Labute approximate surface area is 126 Å². The summed E-state index contributed by atoms with van der Waals surface area (Å²) >= 11 is 3.56. The summed E-state index contributed by atoms with van der Waals surface area (Å²) in [6, 6.07) is 11.6. The Hall–Kier alpha value is -1.55. The zero-order valence-corrected chi connectivity index (χ0v) is 12.8. The van der Waals surface area contributed by atoms with Crippen LogP contribution in [0, 0.1) is 5.92 Å². The molecule has 1 aromatic carbocycles. The minimum atomic E-state index is -0.145. The second-order valence-electron chi connectivity index (χ2n) is 5.04. The number of aromatic nitrogens is 1. The summed E-state index contributed by atoms with van der Waals surface area (Å²) in [6.45, 7) is 0.849. The van der Waals surface area contributed by atoms with Gasteiger partial charge >= 0.3 is 0 Å². The van der Waals surface area contributed by atoms with Crippen molar-refractivity contribution >= 4 is 21.7 Å². The maximum Gasteiger partial charge on any atom is 0.187 e. The zero-order chi connectivity index (χ0) is 14.1. The summed E-state index contributed by atoms with van der Waals surface area (Å²) in [5, 5.41) is 0.791. The maximum absolute atomic E-state index is 12.8. The second kappa shape index (κ2) is 5.44. The van der Waals surface area contributed by atoms with Crippen molar-refractivity contribution in [2.45, 2.75) is 12.5 Å². The average Bonchev–Trinajstić information content (AvgIpc) is 2.95. The number of ketones is 1. The molecular weight excluding hydrogens is 318 g/mol. The van der Waals surface area contributed by atoms with Gasteiger partial charge in [-0.05, 0) is 18.2 Å². The van der Waals surface area contributed by atoms with Gasteiger partial charge in [0.25, 0.3) is 0 Å². The molecule has 4 heteroatoms. The summed E-state index contributed by atoms with van der Waals surface area (Å²) in [6.07, 6.45) is 1.97. The molecule has 104 valence electrons. The van der Waals surface area contributed by atoms with Crippen molar-refractivity contribution in [1.82, 2.24) is 4.57 Å². The van der Waals surface area contributed by atoms with Crippen LogP contribution in [0.1, 0.15) is 22.0 Å². The Morgan fingerprint density at radius 2 is 2.10 bits per heavy atom. The lowest BCUT2D eigenvalue weighted by Crippen LogP contribution is -2.34. The van der Waals surface area contributed by atoms with Crippen LogP contribution < -0.4 is 4.74 Å². The largest absolute Gasteiger partial charge is 0.496 e. The molecule has 1 aliphatic heterocycles. The molecule has 0 spiro atoms. The van der Waals surface area contributed by atoms with E-state index in [1.807, 2.05) is 47.2 Å². The van der Waals surface area contributed by atoms with E-state index in [0.717, 1.165) is 28.9 Å². The summed E-state index contributed by atoms with van der Waals surface area (Å²) in [5.41, 5.74) is 1.77. The van der Waals surface area contributed by atoms with Crippen LogP contribution >= 0.6 is 15.9 Å². The van der Waals surface area contributed by atoms with E-state index in [2.05, 4.69) is 15.9 Å². The Bertz CT molecular complexity index is 635. The highest BCUT2D eigenvalue weighted by atomic mass is 79.9. The van der Waals surface area contributed by atoms with Gasteiger partial charge in [-0.2, -0.15) is 0 Å². The molecule has 1 aliphatic rings. The second-order valence-corrected chi connectivity index (χ2v) is 5.69. The molecule has 2 aromatic rings. The third-order valence-electron chi connectivity index (χ3n) is 3.94. The van der Waals surface area contributed by atoms with E-state index in [4.69, 9.17) is 4.74 Å². The minimum Gasteiger partial charge on any atom is -0.496 e. The van der Waals surface area contributed by atoms with E-state index in [1.54, 1.807) is 7.11 Å². The molecule has 1 aromatic heterocycles. The van der Waals surface area contributed by atoms with E-state index >= 15 is 0 Å². The fraction of sp³-hybridized carbons (Fsp3) is 0.312. The van der Waals surface area contributed by atoms with Gasteiger partial charge in [0.2, 0.25) is 0 Å². The summed E-state index contributed by atoms with van der Waals surface area (Å²) in [5.74, 6) is 1.05. The smallest absolute Gasteiger partial charge is 0.187 e. The summed E-state index contributed by atoms with van der Waals surface area (Å²) < 4.78 is 7.48. The van der Waals surface area contributed by atoms with Crippen LogP contribution in [0.15, 0.2) is 42.6 Å². The van der Waals surface area contributed by atoms with Crippen LogP contribution in [-0.2, 0) is 6.54 Å². The molecule has 0 radical (unpaired) electrons. The number of benzene rings is 1. The molecule has 0 fully saturated rings. The number of carbonyl (C=O) groups excluding carboxylic acids is 1. The number of alkyl halides is 1. The summed E-state index contributed by atoms with van der Waals surface area (Å²) in [4.78, 5) is 12.8. The highest BCUT2D eigenvalue weighted by Crippen LogP contribution is 2.39. The van der Waals surface area contributed by atoms with E-state index in [9.17, 15) is 4.79 Å². The third kappa shape index (κ3) is 2.08. The predicted octanol–water partition coefficient (Wildman–Crippen LogP) is 3.49. The van der Waals surface area contributed by atoms with Crippen molar-refractivity contribution in [1.29, 1.82) is 0 Å². The van der Waals surface area contributed by atoms with Crippen molar-refractivity contribution in [2.75, 3.05) is 12.4 Å². The highest BCUT2D eigenvalue weighted by Gasteiger charge is 2.37. The lowest BCUT2D eigenvalue weighted by atomic mass is 9.80. The van der Waals surface area contributed by atoms with Crippen molar-refractivity contribution in [3.63, 3.8) is 0 Å². The minimum absolute atomic E-state index is 0.145. The first-order valence-electron chi connectivity index (χ1n) is 6.64. The molecule has 0 saturated heterocycles. The van der Waals surface area contributed by atoms with Crippen LogP contribution in [0.25, 0.3) is 0 Å². The fourth-order valence-electron chi connectivity index (χ4n) is 2.98. The predicted molar refractivity (Wildman–Crippen MR) is 81.8 cm³/mol. The SMILES string of the molecule is COc1ccccc1[C@@H]1C(=O)c2cccn2C[C@H]1CBr. The maximum atomic E-state index is 12.8. The van der Waals surface area contributed by atoms with Gasteiger partial charge in [-0.3, -0.25) is 4.79 Å². The van der Waals surface area contributed by atoms with Crippen LogP contribution in [0.3, 0.4) is 0 Å². The lowest BCUT2D eigenvalue weighted by molar-refractivity contribution is 0.0891. The molecule has 0 N–H and O–H groups in total. The third-order valence-corrected chi connectivity index (χ3v) is 4.77. The number of fused-ring (bicyclic) bond motifs is 1. The van der Waals surface area contributed by atoms with E-state index in [1.165, 1.54) is 0 Å². The van der Waals surface area contributed by atoms with Gasteiger partial charge in [0.15, 0.2) is 5.78 Å². The lowest BCUT2D eigenvalue weighted by Gasteiger charge is -2.31. The van der Waals surface area contributed by atoms with Crippen LogP contribution in [0.4, 0.5) is 0 Å². The normalized spacial score (nSPS) is 21.6. The molecule has 20 heavy (non-hydrogen) atoms. The quantitative estimate of drug-likeness (QED) is 0.805. The van der Waals surface area contributed by atoms with Gasteiger partial charge < -0.3 is 9.30 Å². The Balaban J connectivity index is 2.09. The number of hydrogen-bond donors (Lipinski definition) is 0. The number of carbonyl (C=O) groups is 1. The molecule has 0 aliphatic carbocycles. The Morgan fingerprint density at radius 1 is 1.30 bits per heavy atom. The van der Waals surface area contributed by atoms with Crippen LogP contribution in [0.2, 0.25) is 0 Å². The number of methoxy groups -OCH3 is 1. The number of hydrogen-bond acceptors (Lipinski definition) is 2. The van der Waals surface area contributed by atoms with Gasteiger partial charge in [0.05, 0.1) is 18.7 Å². The molecule has 0 amide bonds. The number of Topliss-reactive ketones (excluding diaryl/α,β-unsaturated/α-hetero) is 1. The van der Waals surface area contributed by atoms with Crippen molar-refractivity contribution in [2.24, 2.45) is 5.92 Å². The van der Waals surface area contributed by atoms with Gasteiger partial charge in [-0.1, -0.05) is 34.1 Å². The standard InChI is InChI=1S/C16H16BrNO2/c1-20-14-7-3-2-5-12(14)15-11(9-17)10-18-8-4-6-13(18)16(15)19/h2-8,11,15H,9-10H2,1H3/t11-,15-/m1/s1. The molecule has 2 atom stereocenters. The van der Waals surface area contributed by atoms with Crippen LogP contribution in [0.5, 0.6) is 5.75 Å². The first-order chi connectivity index (χ1) is 9.76. The van der Waals surface area contributed by atoms with Crippen molar-refractivity contribution in [3.8, 4) is 5.75 Å². The molecule has 2 heterocycles. The van der Waals surface area contributed by atoms with E-state index in [-0.39, 0.29) is 17.6 Å². The number of para-hydroxylation sites is 1. The van der Waals surface area contributed by atoms with Crippen molar-refractivity contribution < 1.29 is 9.53 Å². The van der Waals surface area contributed by atoms with Crippen LogP contribution in [-0.4, -0.2) is 22.8 Å². The van der Waals surface area contributed by atoms with Gasteiger partial charge in [-0.15, -0.1) is 0 Å². The molecule has 0 unspecified atom stereocenters. The zero-order valence-electron chi connectivity index (χ0n) is 11.3. The first kappa shape index (κ1) is 13.4. The highest BCUT2D eigenvalue weighted by molar-refractivity contribution is 9.09. The van der Waals surface area contributed by atoms with E-state index in [0.29, 0.717) is 0 Å². The monoisotopic (exact) mass is 333 g/mol. The molecule has 3 nitrogen and oxygen atoms in total. The number of rotatable bonds is 3. The number of ether oxygens (including phenoxy) is 1. The Morgan fingerprint density at radius 3 is 2.85 bits per heavy atom. The molecule has 0 bridgehead atoms. The number of nitrogens with zero attached hydrogens (tertiary/aromatic N) is 1. The Kier molecular flexibility index (Phi) is 3.66. The molecule has 3 rings (SSSR count). The first-order valence-corrected chi connectivity index (χ1v) is 7.76.